The van der Waals surface area contributed by atoms with E-state index in [1.165, 1.54) is 22.9 Å². The van der Waals surface area contributed by atoms with Crippen LogP contribution in [-0.4, -0.2) is 63.0 Å². The Hall–Kier alpha value is -2.30. The summed E-state index contributed by atoms with van der Waals surface area (Å²) in [4.78, 5) is 38.4. The number of hydrogen-bond donors (Lipinski definition) is 4. The van der Waals surface area contributed by atoms with Crippen molar-refractivity contribution >= 4 is 29.5 Å². The molecule has 1 aromatic rings. The number of hydrogen-bond acceptors (Lipinski definition) is 7. The number of carboxylic acids is 1. The monoisotopic (exact) mass is 421 g/mol. The minimum Gasteiger partial charge on any atom is -0.477 e. The van der Waals surface area contributed by atoms with Gasteiger partial charge in [-0.2, -0.15) is 0 Å². The van der Waals surface area contributed by atoms with Gasteiger partial charge in [0, 0.05) is 22.6 Å². The summed E-state index contributed by atoms with van der Waals surface area (Å²) in [6, 6.07) is 2.91. The molecule has 2 saturated heterocycles. The molecule has 2 fully saturated rings. The van der Waals surface area contributed by atoms with Gasteiger partial charge >= 0.3 is 5.97 Å². The van der Waals surface area contributed by atoms with Crippen LogP contribution in [0.25, 0.3) is 0 Å². The Morgan fingerprint density at radius 2 is 2.21 bits per heavy atom. The smallest absolute Gasteiger partial charge is 0.353 e. The predicted octanol–water partition coefficient (Wildman–Crippen LogP) is 0.584. The van der Waals surface area contributed by atoms with E-state index in [4.69, 9.17) is 4.42 Å². The van der Waals surface area contributed by atoms with Gasteiger partial charge in [0.1, 0.15) is 5.70 Å². The Balaban J connectivity index is 1.44. The molecule has 3 aliphatic heterocycles. The maximum Gasteiger partial charge on any atom is 0.353 e. The average Bonchev–Trinajstić information content (AvgIpc) is 3.36. The second-order valence-electron chi connectivity index (χ2n) is 7.66. The molecule has 10 heteroatoms. The van der Waals surface area contributed by atoms with Gasteiger partial charge in [-0.25, -0.2) is 4.79 Å². The molecule has 0 unspecified atom stereocenters. The topological polar surface area (TPSA) is 132 Å². The summed E-state index contributed by atoms with van der Waals surface area (Å²) in [7, 11) is 0. The molecule has 0 bridgehead atoms. The van der Waals surface area contributed by atoms with Crippen LogP contribution in [0.3, 0.4) is 0 Å². The first-order valence-corrected chi connectivity index (χ1v) is 10.4. The van der Waals surface area contributed by atoms with Crippen molar-refractivity contribution in [3.63, 3.8) is 0 Å². The van der Waals surface area contributed by atoms with Crippen LogP contribution in [0.1, 0.15) is 30.8 Å². The number of nitrogens with zero attached hydrogens (tertiary/aromatic N) is 1. The fourth-order valence-corrected chi connectivity index (χ4v) is 5.88. The van der Waals surface area contributed by atoms with Gasteiger partial charge in [0.15, 0.2) is 5.76 Å². The van der Waals surface area contributed by atoms with Gasteiger partial charge < -0.3 is 24.8 Å². The third-order valence-electron chi connectivity index (χ3n) is 5.75. The highest BCUT2D eigenvalue weighted by Crippen LogP contribution is 2.51. The van der Waals surface area contributed by atoms with Crippen molar-refractivity contribution in [2.24, 2.45) is 11.8 Å². The lowest BCUT2D eigenvalue weighted by atomic mass is 9.79. The van der Waals surface area contributed by atoms with Crippen molar-refractivity contribution in [2.45, 2.75) is 43.8 Å². The zero-order valence-electron chi connectivity index (χ0n) is 16.0. The molecule has 6 atom stereocenters. The van der Waals surface area contributed by atoms with Crippen LogP contribution in [0.15, 0.2) is 33.4 Å². The van der Waals surface area contributed by atoms with Crippen LogP contribution < -0.4 is 10.6 Å². The molecule has 29 heavy (non-hydrogen) atoms. The van der Waals surface area contributed by atoms with Crippen molar-refractivity contribution in [1.82, 2.24) is 15.5 Å². The number of thioether (sulfide) groups is 1. The van der Waals surface area contributed by atoms with Crippen LogP contribution in [0.5, 0.6) is 0 Å². The molecule has 4 heterocycles. The summed E-state index contributed by atoms with van der Waals surface area (Å²) in [6.45, 7) is 4.05. The first kappa shape index (κ1) is 20.0. The Kier molecular flexibility index (Phi) is 5.18. The van der Waals surface area contributed by atoms with Crippen molar-refractivity contribution < 1.29 is 29.0 Å². The molecule has 156 valence electrons. The van der Waals surface area contributed by atoms with Crippen LogP contribution in [-0.2, 0) is 9.59 Å². The first-order chi connectivity index (χ1) is 13.8. The van der Waals surface area contributed by atoms with Crippen LogP contribution in [0.2, 0.25) is 0 Å². The summed E-state index contributed by atoms with van der Waals surface area (Å²) in [6.07, 6.45) is 0.973. The number of aliphatic carboxylic acids is 1. The van der Waals surface area contributed by atoms with Crippen LogP contribution in [0, 0.1) is 11.8 Å². The Labute approximate surface area is 171 Å². The predicted molar refractivity (Wildman–Crippen MR) is 104 cm³/mol. The van der Waals surface area contributed by atoms with E-state index in [1.807, 2.05) is 6.92 Å². The number of nitrogens with one attached hydrogen (secondary N) is 2. The number of aliphatic hydroxyl groups is 1. The van der Waals surface area contributed by atoms with E-state index in [0.717, 1.165) is 0 Å². The molecule has 0 aromatic carbocycles. The Morgan fingerprint density at radius 1 is 1.45 bits per heavy atom. The fraction of sp³-hybridized carbons (Fsp3) is 0.526. The molecule has 4 rings (SSSR count). The third-order valence-corrected chi connectivity index (χ3v) is 7.26. The Morgan fingerprint density at radius 3 is 2.83 bits per heavy atom. The molecule has 3 aliphatic rings. The third kappa shape index (κ3) is 3.34. The highest BCUT2D eigenvalue weighted by molar-refractivity contribution is 8.03. The van der Waals surface area contributed by atoms with E-state index in [0.29, 0.717) is 17.9 Å². The summed E-state index contributed by atoms with van der Waals surface area (Å²) < 4.78 is 5.09. The van der Waals surface area contributed by atoms with Gasteiger partial charge in [0.05, 0.1) is 30.5 Å². The molecule has 1 aromatic heterocycles. The second kappa shape index (κ2) is 7.51. The lowest BCUT2D eigenvalue weighted by molar-refractivity contribution is -0.163. The van der Waals surface area contributed by atoms with Gasteiger partial charge in [0.25, 0.3) is 5.91 Å². The van der Waals surface area contributed by atoms with Gasteiger partial charge in [-0.1, -0.05) is 6.92 Å². The molecule has 4 N–H and O–H groups in total. The van der Waals surface area contributed by atoms with E-state index in [1.54, 1.807) is 19.1 Å². The lowest BCUT2D eigenvalue weighted by Crippen LogP contribution is -2.63. The summed E-state index contributed by atoms with van der Waals surface area (Å²) in [5.41, 5.74) is 0.0254. The van der Waals surface area contributed by atoms with Crippen molar-refractivity contribution in [2.75, 3.05) is 6.54 Å². The molecule has 0 saturated carbocycles. The van der Waals surface area contributed by atoms with Crippen molar-refractivity contribution in [3.05, 3.63) is 34.8 Å². The molecule has 2 amide bonds. The number of aliphatic hydroxyl groups excluding tert-OH is 1. The molecule has 9 nitrogen and oxygen atoms in total. The van der Waals surface area contributed by atoms with Gasteiger partial charge in [-0.05, 0) is 25.5 Å². The quantitative estimate of drug-likeness (QED) is 0.491. The SMILES string of the molecule is C[C@@H](O)[C@H]1C(=O)N2C(C(=O)O)=C(S[C@@H]3CN[C@H](NC(=O)c4ccco4)C3)[C@H](C)[C@H]12. The zero-order chi connectivity index (χ0) is 20.9. The number of amides is 2. The van der Waals surface area contributed by atoms with Crippen LogP contribution >= 0.6 is 11.8 Å². The summed E-state index contributed by atoms with van der Waals surface area (Å²) in [5, 5.41) is 25.7. The number of carbonyl (C=O) groups excluding carboxylic acids is 2. The lowest BCUT2D eigenvalue weighted by Gasteiger charge is -2.46. The van der Waals surface area contributed by atoms with E-state index >= 15 is 0 Å². The number of carbonyl (C=O) groups is 3. The highest BCUT2D eigenvalue weighted by atomic mass is 32.2. The molecule has 0 aliphatic carbocycles. The number of carboxylic acid groups (broad SMARTS) is 1. The Bertz CT molecular complexity index is 867. The first-order valence-electron chi connectivity index (χ1n) is 9.52. The van der Waals surface area contributed by atoms with Crippen molar-refractivity contribution in [1.29, 1.82) is 0 Å². The maximum atomic E-state index is 12.4. The average molecular weight is 421 g/mol. The minimum atomic E-state index is -1.13. The molecular formula is C19H23N3O6S. The largest absolute Gasteiger partial charge is 0.477 e. The van der Waals surface area contributed by atoms with Gasteiger partial charge in [-0.15, -0.1) is 11.8 Å². The van der Waals surface area contributed by atoms with E-state index < -0.39 is 18.0 Å². The summed E-state index contributed by atoms with van der Waals surface area (Å²) >= 11 is 1.44. The minimum absolute atomic E-state index is 0.0254. The number of β-lactam (4-membered cyclic amide) rings is 1. The van der Waals surface area contributed by atoms with Gasteiger partial charge in [-0.3, -0.25) is 14.9 Å². The van der Waals surface area contributed by atoms with E-state index in [-0.39, 0.29) is 46.6 Å². The molecule has 0 spiro atoms. The maximum absolute atomic E-state index is 12.4. The van der Waals surface area contributed by atoms with Gasteiger partial charge in [0.2, 0.25) is 5.91 Å². The van der Waals surface area contributed by atoms with E-state index in [9.17, 15) is 24.6 Å². The van der Waals surface area contributed by atoms with Crippen molar-refractivity contribution in [3.8, 4) is 0 Å². The fourth-order valence-electron chi connectivity index (χ4n) is 4.40. The molecular weight excluding hydrogens is 398 g/mol. The van der Waals surface area contributed by atoms with Crippen LogP contribution in [0.4, 0.5) is 0 Å². The standard InChI is InChI=1S/C19H23N3O6S/c1-8-14-13(9(2)23)18(25)22(14)15(19(26)27)16(8)29-10-6-12(20-7-10)21-17(24)11-4-3-5-28-11/h3-5,8-10,12-14,20,23H,6-7H2,1-2H3,(H,21,24)(H,26,27)/t8-,9-,10+,12-,13-,14-/m1/s1. The highest BCUT2D eigenvalue weighted by Gasteiger charge is 2.60. The zero-order valence-corrected chi connectivity index (χ0v) is 16.8. The summed E-state index contributed by atoms with van der Waals surface area (Å²) in [5.74, 6) is -2.28. The second-order valence-corrected chi connectivity index (χ2v) is 9.00. The van der Waals surface area contributed by atoms with E-state index in [2.05, 4.69) is 10.6 Å². The number of fused-ring (bicyclic) bond motifs is 1. The molecule has 0 radical (unpaired) electrons. The number of rotatable bonds is 6. The number of furan rings is 1. The normalized spacial score (nSPS) is 32.2.